The van der Waals surface area contributed by atoms with Gasteiger partial charge < -0.3 is 19.5 Å². The number of nitrogens with zero attached hydrogens (tertiary/aromatic N) is 3. The zero-order valence-electron chi connectivity index (χ0n) is 16.7. The molecule has 1 aromatic carbocycles. The molecule has 3 heterocycles. The summed E-state index contributed by atoms with van der Waals surface area (Å²) in [4.78, 5) is 17.4. The third kappa shape index (κ3) is 3.78. The topological polar surface area (TPSA) is 87.5 Å². The number of nitrogens with one attached hydrogen (secondary N) is 1. The Bertz CT molecular complexity index is 956. The Morgan fingerprint density at radius 1 is 1.31 bits per heavy atom. The molecule has 0 spiro atoms. The Balaban J connectivity index is 1.82. The Morgan fingerprint density at radius 2 is 2.10 bits per heavy atom. The van der Waals surface area contributed by atoms with Gasteiger partial charge in [-0.05, 0) is 37.3 Å². The van der Waals surface area contributed by atoms with Crippen molar-refractivity contribution >= 4 is 23.7 Å². The first kappa shape index (κ1) is 19.6. The van der Waals surface area contributed by atoms with Crippen molar-refractivity contribution in [1.82, 2.24) is 14.8 Å². The molecule has 0 amide bonds. The molecule has 2 aliphatic rings. The van der Waals surface area contributed by atoms with Gasteiger partial charge in [0, 0.05) is 12.1 Å². The normalized spacial score (nSPS) is 18.0. The maximum absolute atomic E-state index is 12.8. The molecular weight excluding hydrogens is 392 g/mol. The standard InChI is InChI=1S/C20H24N4O4S/c1-4-26-18(25)16-12(3)21-19-22-20(29-5-2)23-24(19)17(16)13-7-8-14-15(11-13)28-10-6-9-27-14/h7-8,11,17H,4-6,9-10H2,1-3H3,(H,21,22,23). The highest BCUT2D eigenvalue weighted by molar-refractivity contribution is 7.99. The predicted molar refractivity (Wildman–Crippen MR) is 110 cm³/mol. The number of hydrogen-bond acceptors (Lipinski definition) is 8. The summed E-state index contributed by atoms with van der Waals surface area (Å²) < 4.78 is 18.7. The summed E-state index contributed by atoms with van der Waals surface area (Å²) in [6, 6.07) is 5.27. The number of ether oxygens (including phenoxy) is 3. The van der Waals surface area contributed by atoms with Gasteiger partial charge in [0.15, 0.2) is 11.5 Å². The Morgan fingerprint density at radius 3 is 2.86 bits per heavy atom. The van der Waals surface area contributed by atoms with Crippen molar-refractivity contribution in [2.24, 2.45) is 0 Å². The van der Waals surface area contributed by atoms with E-state index in [1.165, 1.54) is 0 Å². The number of anilines is 1. The quantitative estimate of drug-likeness (QED) is 0.586. The van der Waals surface area contributed by atoms with Gasteiger partial charge in [-0.25, -0.2) is 9.48 Å². The second-order valence-corrected chi connectivity index (χ2v) is 7.87. The molecule has 1 aromatic heterocycles. The average Bonchev–Trinajstić information content (AvgIpc) is 2.94. The molecule has 154 valence electrons. The number of rotatable bonds is 5. The summed E-state index contributed by atoms with van der Waals surface area (Å²) in [6.45, 7) is 7.21. The Kier molecular flexibility index (Phi) is 5.66. The molecule has 0 aliphatic carbocycles. The van der Waals surface area contributed by atoms with Crippen LogP contribution in [0.15, 0.2) is 34.6 Å². The fraction of sp³-hybridized carbons (Fsp3) is 0.450. The van der Waals surface area contributed by atoms with Gasteiger partial charge in [-0.15, -0.1) is 5.10 Å². The first-order chi connectivity index (χ1) is 14.1. The molecular formula is C20H24N4O4S. The van der Waals surface area contributed by atoms with Gasteiger partial charge in [-0.3, -0.25) is 0 Å². The van der Waals surface area contributed by atoms with E-state index in [1.54, 1.807) is 23.4 Å². The lowest BCUT2D eigenvalue weighted by Gasteiger charge is -2.28. The van der Waals surface area contributed by atoms with Crippen LogP contribution in [0, 0.1) is 0 Å². The molecule has 1 atom stereocenters. The fourth-order valence-corrected chi connectivity index (χ4v) is 4.01. The molecule has 2 aromatic rings. The number of thioether (sulfide) groups is 1. The minimum absolute atomic E-state index is 0.296. The first-order valence-corrected chi connectivity index (χ1v) is 10.7. The van der Waals surface area contributed by atoms with Crippen molar-refractivity contribution in [1.29, 1.82) is 0 Å². The zero-order valence-corrected chi connectivity index (χ0v) is 17.5. The minimum Gasteiger partial charge on any atom is -0.490 e. The number of allylic oxidation sites excluding steroid dienone is 1. The number of carbonyl (C=O) groups is 1. The lowest BCUT2D eigenvalue weighted by Crippen LogP contribution is -2.29. The Labute approximate surface area is 173 Å². The molecule has 1 unspecified atom stereocenters. The van der Waals surface area contributed by atoms with Crippen LogP contribution in [-0.2, 0) is 9.53 Å². The SMILES string of the molecule is CCOC(=O)C1=C(C)Nc2nc(SCC)nn2C1c1ccc2c(c1)OCCCO2. The number of aromatic nitrogens is 3. The summed E-state index contributed by atoms with van der Waals surface area (Å²) >= 11 is 1.55. The van der Waals surface area contributed by atoms with Crippen LogP contribution in [0.5, 0.6) is 11.5 Å². The summed E-state index contributed by atoms with van der Waals surface area (Å²) in [5.74, 6) is 2.46. The largest absolute Gasteiger partial charge is 0.490 e. The second kappa shape index (κ2) is 8.36. The van der Waals surface area contributed by atoms with E-state index in [0.717, 1.165) is 17.7 Å². The highest BCUT2D eigenvalue weighted by Crippen LogP contribution is 2.40. The van der Waals surface area contributed by atoms with Crippen molar-refractivity contribution in [2.45, 2.75) is 38.4 Å². The monoisotopic (exact) mass is 416 g/mol. The number of benzene rings is 1. The smallest absolute Gasteiger partial charge is 0.338 e. The fourth-order valence-electron chi connectivity index (χ4n) is 3.45. The summed E-state index contributed by atoms with van der Waals surface area (Å²) in [5, 5.41) is 8.51. The maximum Gasteiger partial charge on any atom is 0.338 e. The highest BCUT2D eigenvalue weighted by Gasteiger charge is 2.35. The third-order valence-corrected chi connectivity index (χ3v) is 5.41. The van der Waals surface area contributed by atoms with Crippen LogP contribution < -0.4 is 14.8 Å². The van der Waals surface area contributed by atoms with E-state index < -0.39 is 6.04 Å². The van der Waals surface area contributed by atoms with E-state index in [0.29, 0.717) is 53.7 Å². The molecule has 0 saturated heterocycles. The summed E-state index contributed by atoms with van der Waals surface area (Å²) in [5.41, 5.74) is 2.07. The van der Waals surface area contributed by atoms with E-state index in [-0.39, 0.29) is 5.97 Å². The van der Waals surface area contributed by atoms with E-state index in [9.17, 15) is 4.79 Å². The first-order valence-electron chi connectivity index (χ1n) is 9.76. The molecule has 0 fully saturated rings. The molecule has 4 rings (SSSR count). The van der Waals surface area contributed by atoms with Gasteiger partial charge in [-0.2, -0.15) is 4.98 Å². The van der Waals surface area contributed by atoms with Crippen LogP contribution in [0.4, 0.5) is 5.95 Å². The molecule has 0 bridgehead atoms. The van der Waals surface area contributed by atoms with Gasteiger partial charge in [0.05, 0.1) is 25.4 Å². The summed E-state index contributed by atoms with van der Waals surface area (Å²) in [7, 11) is 0. The van der Waals surface area contributed by atoms with E-state index >= 15 is 0 Å². The van der Waals surface area contributed by atoms with E-state index in [2.05, 4.69) is 15.4 Å². The maximum atomic E-state index is 12.8. The van der Waals surface area contributed by atoms with Gasteiger partial charge >= 0.3 is 5.97 Å². The molecule has 9 heteroatoms. The van der Waals surface area contributed by atoms with E-state index in [1.807, 2.05) is 32.0 Å². The predicted octanol–water partition coefficient (Wildman–Crippen LogP) is 3.40. The molecule has 8 nitrogen and oxygen atoms in total. The van der Waals surface area contributed by atoms with Gasteiger partial charge in [0.1, 0.15) is 6.04 Å². The molecule has 29 heavy (non-hydrogen) atoms. The molecule has 0 radical (unpaired) electrons. The van der Waals surface area contributed by atoms with Crippen LogP contribution in [0.2, 0.25) is 0 Å². The van der Waals surface area contributed by atoms with Gasteiger partial charge in [-0.1, -0.05) is 24.8 Å². The number of esters is 1. The van der Waals surface area contributed by atoms with Crippen molar-refractivity contribution in [3.63, 3.8) is 0 Å². The Hall–Kier alpha value is -2.68. The lowest BCUT2D eigenvalue weighted by atomic mass is 9.95. The van der Waals surface area contributed by atoms with Crippen LogP contribution in [0.3, 0.4) is 0 Å². The van der Waals surface area contributed by atoms with Crippen LogP contribution in [0.1, 0.15) is 38.8 Å². The molecule has 1 N–H and O–H groups in total. The summed E-state index contributed by atoms with van der Waals surface area (Å²) in [6.07, 6.45) is 0.829. The molecule has 2 aliphatic heterocycles. The zero-order chi connectivity index (χ0) is 20.4. The van der Waals surface area contributed by atoms with Crippen LogP contribution >= 0.6 is 11.8 Å². The third-order valence-electron chi connectivity index (χ3n) is 4.69. The minimum atomic E-state index is -0.471. The average molecular weight is 417 g/mol. The number of fused-ring (bicyclic) bond motifs is 2. The van der Waals surface area contributed by atoms with Crippen LogP contribution in [0.25, 0.3) is 0 Å². The van der Waals surface area contributed by atoms with Crippen molar-refractivity contribution in [3.8, 4) is 11.5 Å². The van der Waals surface area contributed by atoms with Gasteiger partial charge in [0.25, 0.3) is 0 Å². The number of hydrogen-bond donors (Lipinski definition) is 1. The second-order valence-electron chi connectivity index (χ2n) is 6.64. The lowest BCUT2D eigenvalue weighted by molar-refractivity contribution is -0.139. The van der Waals surface area contributed by atoms with Gasteiger partial charge in [0.2, 0.25) is 11.1 Å². The number of carbonyl (C=O) groups excluding carboxylic acids is 1. The van der Waals surface area contributed by atoms with Crippen LogP contribution in [-0.4, -0.2) is 46.3 Å². The van der Waals surface area contributed by atoms with Crippen molar-refractivity contribution < 1.29 is 19.0 Å². The van der Waals surface area contributed by atoms with Crippen molar-refractivity contribution in [3.05, 3.63) is 35.0 Å². The highest BCUT2D eigenvalue weighted by atomic mass is 32.2. The molecule has 0 saturated carbocycles. The van der Waals surface area contributed by atoms with E-state index in [4.69, 9.17) is 14.2 Å². The van der Waals surface area contributed by atoms with Crippen molar-refractivity contribution in [2.75, 3.05) is 30.9 Å².